The lowest BCUT2D eigenvalue weighted by Crippen LogP contribution is -2.12. The van der Waals surface area contributed by atoms with Crippen molar-refractivity contribution in [3.05, 3.63) is 41.7 Å². The van der Waals surface area contributed by atoms with E-state index in [2.05, 4.69) is 34.9 Å². The normalized spacial score (nSPS) is 13.8. The molecular formula is C16H17N3. The van der Waals surface area contributed by atoms with E-state index >= 15 is 0 Å². The van der Waals surface area contributed by atoms with Crippen LogP contribution in [0.2, 0.25) is 0 Å². The Morgan fingerprint density at radius 3 is 2.84 bits per heavy atom. The Balaban J connectivity index is 2.05. The molecule has 2 heterocycles. The van der Waals surface area contributed by atoms with Crippen molar-refractivity contribution in [3.63, 3.8) is 0 Å². The first kappa shape index (κ1) is 12.0. The van der Waals surface area contributed by atoms with Crippen LogP contribution < -0.4 is 0 Å². The second-order valence-electron chi connectivity index (χ2n) is 4.96. The van der Waals surface area contributed by atoms with E-state index in [4.69, 9.17) is 10.2 Å². The Morgan fingerprint density at radius 2 is 2.05 bits per heavy atom. The van der Waals surface area contributed by atoms with E-state index in [9.17, 15) is 0 Å². The van der Waals surface area contributed by atoms with Crippen molar-refractivity contribution >= 4 is 0 Å². The predicted octanol–water partition coefficient (Wildman–Crippen LogP) is 3.34. The zero-order valence-corrected chi connectivity index (χ0v) is 11.0. The molecule has 2 aromatic rings. The second kappa shape index (κ2) is 5.27. The summed E-state index contributed by atoms with van der Waals surface area (Å²) in [4.78, 5) is 4.81. The first-order valence-electron chi connectivity index (χ1n) is 6.91. The van der Waals surface area contributed by atoms with Crippen LogP contribution in [-0.4, -0.2) is 9.55 Å². The van der Waals surface area contributed by atoms with Crippen LogP contribution in [0, 0.1) is 11.3 Å². The van der Waals surface area contributed by atoms with E-state index in [1.807, 2.05) is 6.07 Å². The van der Waals surface area contributed by atoms with Gasteiger partial charge in [0.25, 0.3) is 0 Å². The molecule has 1 aromatic heterocycles. The molecule has 0 fully saturated rings. The molecule has 0 atom stereocenters. The molecule has 0 amide bonds. The van der Waals surface area contributed by atoms with Crippen molar-refractivity contribution in [1.29, 1.82) is 5.26 Å². The average Bonchev–Trinajstić information content (AvgIpc) is 2.85. The van der Waals surface area contributed by atoms with Gasteiger partial charge in [0.05, 0.1) is 11.8 Å². The number of nitrogens with zero attached hydrogens (tertiary/aromatic N) is 3. The lowest BCUT2D eigenvalue weighted by atomic mass is 10.1. The van der Waals surface area contributed by atoms with Crippen LogP contribution in [0.25, 0.3) is 11.4 Å². The molecule has 0 bridgehead atoms. The molecule has 19 heavy (non-hydrogen) atoms. The van der Waals surface area contributed by atoms with Gasteiger partial charge in [0.15, 0.2) is 0 Å². The third-order valence-corrected chi connectivity index (χ3v) is 3.71. The molecule has 3 nitrogen and oxygen atoms in total. The smallest absolute Gasteiger partial charge is 0.140 e. The number of benzene rings is 1. The Kier molecular flexibility index (Phi) is 3.33. The molecule has 0 unspecified atom stereocenters. The number of fused-ring (bicyclic) bond motifs is 1. The van der Waals surface area contributed by atoms with Crippen LogP contribution >= 0.6 is 0 Å². The van der Waals surface area contributed by atoms with Gasteiger partial charge in [0.2, 0.25) is 0 Å². The van der Waals surface area contributed by atoms with E-state index in [-0.39, 0.29) is 0 Å². The van der Waals surface area contributed by atoms with Crippen molar-refractivity contribution in [3.8, 4) is 17.5 Å². The molecule has 0 radical (unpaired) electrons. The van der Waals surface area contributed by atoms with Crippen LogP contribution in [-0.2, 0) is 19.4 Å². The molecule has 3 heteroatoms. The quantitative estimate of drug-likeness (QED) is 0.839. The van der Waals surface area contributed by atoms with Gasteiger partial charge in [-0.05, 0) is 19.3 Å². The fourth-order valence-electron chi connectivity index (χ4n) is 2.80. The maximum atomic E-state index is 8.77. The summed E-state index contributed by atoms with van der Waals surface area (Å²) >= 11 is 0. The Hall–Kier alpha value is -2.08. The number of rotatable bonds is 3. The third-order valence-electron chi connectivity index (χ3n) is 3.71. The van der Waals surface area contributed by atoms with Crippen molar-refractivity contribution in [2.24, 2.45) is 0 Å². The Labute approximate surface area is 113 Å². The van der Waals surface area contributed by atoms with Gasteiger partial charge in [0.1, 0.15) is 5.82 Å². The van der Waals surface area contributed by atoms with Gasteiger partial charge in [-0.15, -0.1) is 0 Å². The number of hydrogen-bond acceptors (Lipinski definition) is 2. The largest absolute Gasteiger partial charge is 0.328 e. The first-order valence-corrected chi connectivity index (χ1v) is 6.91. The van der Waals surface area contributed by atoms with E-state index in [1.165, 1.54) is 24.1 Å². The van der Waals surface area contributed by atoms with Crippen LogP contribution in [0.15, 0.2) is 30.3 Å². The zero-order valence-electron chi connectivity index (χ0n) is 11.0. The molecule has 1 aromatic carbocycles. The molecule has 0 aliphatic carbocycles. The van der Waals surface area contributed by atoms with Crippen molar-refractivity contribution in [2.45, 2.75) is 38.6 Å². The number of aromatic nitrogens is 2. The van der Waals surface area contributed by atoms with Crippen LogP contribution in [0.5, 0.6) is 0 Å². The van der Waals surface area contributed by atoms with Crippen LogP contribution in [0.3, 0.4) is 0 Å². The lowest BCUT2D eigenvalue weighted by Gasteiger charge is -2.17. The average molecular weight is 251 g/mol. The summed E-state index contributed by atoms with van der Waals surface area (Å²) in [6, 6.07) is 12.6. The predicted molar refractivity (Wildman–Crippen MR) is 74.5 cm³/mol. The fourth-order valence-corrected chi connectivity index (χ4v) is 2.80. The number of nitriles is 1. The highest BCUT2D eigenvalue weighted by Crippen LogP contribution is 2.27. The molecular weight excluding hydrogens is 234 g/mol. The number of hydrogen-bond donors (Lipinski definition) is 0. The van der Waals surface area contributed by atoms with E-state index in [0.717, 1.165) is 30.9 Å². The van der Waals surface area contributed by atoms with Gasteiger partial charge < -0.3 is 4.57 Å². The third kappa shape index (κ3) is 2.26. The maximum absolute atomic E-state index is 8.77. The van der Waals surface area contributed by atoms with Crippen molar-refractivity contribution < 1.29 is 0 Å². The monoisotopic (exact) mass is 251 g/mol. The molecule has 96 valence electrons. The topological polar surface area (TPSA) is 41.6 Å². The Bertz CT molecular complexity index is 605. The van der Waals surface area contributed by atoms with Crippen molar-refractivity contribution in [1.82, 2.24) is 9.55 Å². The molecule has 0 saturated carbocycles. The number of imidazole rings is 1. The summed E-state index contributed by atoms with van der Waals surface area (Å²) in [6.07, 6.45) is 4.89. The Morgan fingerprint density at radius 1 is 1.21 bits per heavy atom. The highest BCUT2D eigenvalue weighted by molar-refractivity contribution is 5.57. The molecule has 0 N–H and O–H groups in total. The van der Waals surface area contributed by atoms with Gasteiger partial charge in [-0.1, -0.05) is 30.3 Å². The highest BCUT2D eigenvalue weighted by atomic mass is 15.1. The minimum Gasteiger partial charge on any atom is -0.328 e. The summed E-state index contributed by atoms with van der Waals surface area (Å²) in [6.45, 7) is 1.05. The zero-order chi connectivity index (χ0) is 13.1. The first-order chi connectivity index (χ1) is 9.40. The fraction of sp³-hybridized carbons (Fsp3) is 0.375. The van der Waals surface area contributed by atoms with Gasteiger partial charge in [-0.2, -0.15) is 5.26 Å². The van der Waals surface area contributed by atoms with E-state index in [1.54, 1.807) is 0 Å². The van der Waals surface area contributed by atoms with E-state index in [0.29, 0.717) is 6.42 Å². The molecule has 3 rings (SSSR count). The summed E-state index contributed by atoms with van der Waals surface area (Å²) in [5, 5.41) is 8.77. The highest BCUT2D eigenvalue weighted by Gasteiger charge is 2.20. The lowest BCUT2D eigenvalue weighted by molar-refractivity contribution is 0.533. The standard InChI is InChI=1S/C16H17N3/c17-11-6-9-14-15-10-4-5-12-19(15)16(18-14)13-7-2-1-3-8-13/h1-3,7-8H,4-6,9-10,12H2. The molecule has 0 saturated heterocycles. The minimum absolute atomic E-state index is 0.554. The van der Waals surface area contributed by atoms with Gasteiger partial charge in [-0.3, -0.25) is 0 Å². The minimum atomic E-state index is 0.554. The summed E-state index contributed by atoms with van der Waals surface area (Å²) in [7, 11) is 0. The van der Waals surface area contributed by atoms with Crippen LogP contribution in [0.4, 0.5) is 0 Å². The van der Waals surface area contributed by atoms with E-state index < -0.39 is 0 Å². The maximum Gasteiger partial charge on any atom is 0.140 e. The van der Waals surface area contributed by atoms with Gasteiger partial charge in [0, 0.05) is 30.6 Å². The molecule has 1 aliphatic heterocycles. The summed E-state index contributed by atoms with van der Waals surface area (Å²) < 4.78 is 2.35. The van der Waals surface area contributed by atoms with Crippen molar-refractivity contribution in [2.75, 3.05) is 0 Å². The van der Waals surface area contributed by atoms with Gasteiger partial charge in [-0.25, -0.2) is 4.98 Å². The molecule has 1 aliphatic rings. The summed E-state index contributed by atoms with van der Waals surface area (Å²) in [5.74, 6) is 1.07. The summed E-state index contributed by atoms with van der Waals surface area (Å²) in [5.41, 5.74) is 3.65. The van der Waals surface area contributed by atoms with Gasteiger partial charge >= 0.3 is 0 Å². The second-order valence-corrected chi connectivity index (χ2v) is 4.96. The number of aryl methyl sites for hydroxylation is 1. The molecule has 0 spiro atoms. The van der Waals surface area contributed by atoms with Crippen LogP contribution in [0.1, 0.15) is 30.7 Å². The SMILES string of the molecule is N#CCCc1nc(-c2ccccc2)n2c1CCCC2.